The van der Waals surface area contributed by atoms with E-state index in [2.05, 4.69) is 39.1 Å². The molecule has 1 aromatic carbocycles. The number of aromatic nitrogens is 1. The third kappa shape index (κ3) is 2.53. The van der Waals surface area contributed by atoms with Crippen molar-refractivity contribution in [1.82, 2.24) is 4.98 Å². The highest BCUT2D eigenvalue weighted by Gasteiger charge is 1.89. The van der Waals surface area contributed by atoms with Crippen molar-refractivity contribution in [1.29, 1.82) is 0 Å². The van der Waals surface area contributed by atoms with Crippen LogP contribution in [0.3, 0.4) is 0 Å². The predicted octanol–water partition coefficient (Wildman–Crippen LogP) is 4.08. The third-order valence-electron chi connectivity index (χ3n) is 1.74. The fraction of sp³-hybridized carbons (Fsp3) is 0. The van der Waals surface area contributed by atoms with Gasteiger partial charge in [0.15, 0.2) is 0 Å². The van der Waals surface area contributed by atoms with Gasteiger partial charge in [0, 0.05) is 16.0 Å². The van der Waals surface area contributed by atoms with E-state index in [1.807, 2.05) is 29.8 Å². The first-order valence-corrected chi connectivity index (χ1v) is 5.85. The van der Waals surface area contributed by atoms with Gasteiger partial charge in [0.25, 0.3) is 0 Å². The molecule has 0 amide bonds. The maximum Gasteiger partial charge on any atom is 0.116 e. The summed E-state index contributed by atoms with van der Waals surface area (Å²) in [6, 6.07) is 8.19. The van der Waals surface area contributed by atoms with E-state index in [9.17, 15) is 0 Å². The van der Waals surface area contributed by atoms with Gasteiger partial charge in [-0.05, 0) is 23.8 Å². The number of hydrogen-bond acceptors (Lipinski definition) is 2. The molecule has 1 heterocycles. The molecule has 0 aliphatic rings. The number of thiazole rings is 1. The van der Waals surface area contributed by atoms with E-state index in [1.54, 1.807) is 11.3 Å². The molecule has 2 aromatic rings. The SMILES string of the molecule is Brc1ccc(/C=C/c2nccs2)cc1. The highest BCUT2D eigenvalue weighted by Crippen LogP contribution is 2.13. The second-order valence-electron chi connectivity index (χ2n) is 2.76. The standard InChI is InChI=1S/C11H8BrNS/c12-10-4-1-9(2-5-10)3-6-11-13-7-8-14-11/h1-8H/b6-3+. The summed E-state index contributed by atoms with van der Waals surface area (Å²) in [7, 11) is 0. The summed E-state index contributed by atoms with van der Waals surface area (Å²) in [5, 5.41) is 3.01. The second kappa shape index (κ2) is 4.53. The van der Waals surface area contributed by atoms with Crippen LogP contribution in [-0.4, -0.2) is 4.98 Å². The first-order chi connectivity index (χ1) is 6.84. The monoisotopic (exact) mass is 265 g/mol. The lowest BCUT2D eigenvalue weighted by Crippen LogP contribution is -1.71. The highest BCUT2D eigenvalue weighted by molar-refractivity contribution is 9.10. The number of benzene rings is 1. The van der Waals surface area contributed by atoms with Crippen LogP contribution in [0.15, 0.2) is 40.3 Å². The highest BCUT2D eigenvalue weighted by atomic mass is 79.9. The van der Waals surface area contributed by atoms with Crippen molar-refractivity contribution in [2.45, 2.75) is 0 Å². The Balaban J connectivity index is 2.15. The van der Waals surface area contributed by atoms with Crippen LogP contribution >= 0.6 is 27.3 Å². The van der Waals surface area contributed by atoms with Crippen molar-refractivity contribution in [2.24, 2.45) is 0 Å². The smallest absolute Gasteiger partial charge is 0.116 e. The lowest BCUT2D eigenvalue weighted by molar-refractivity contribution is 1.40. The summed E-state index contributed by atoms with van der Waals surface area (Å²) in [4.78, 5) is 4.17. The molecule has 1 aromatic heterocycles. The summed E-state index contributed by atoms with van der Waals surface area (Å²) < 4.78 is 1.10. The molecule has 0 spiro atoms. The van der Waals surface area contributed by atoms with Gasteiger partial charge in [0.05, 0.1) is 0 Å². The van der Waals surface area contributed by atoms with Gasteiger partial charge in [-0.25, -0.2) is 4.98 Å². The van der Waals surface area contributed by atoms with E-state index in [4.69, 9.17) is 0 Å². The molecule has 0 N–H and O–H groups in total. The van der Waals surface area contributed by atoms with E-state index in [-0.39, 0.29) is 0 Å². The topological polar surface area (TPSA) is 12.9 Å². The molecular weight excluding hydrogens is 258 g/mol. The average Bonchev–Trinajstić information content (AvgIpc) is 2.70. The molecule has 0 fully saturated rings. The third-order valence-corrected chi connectivity index (χ3v) is 3.01. The fourth-order valence-electron chi connectivity index (χ4n) is 1.06. The number of halogens is 1. The van der Waals surface area contributed by atoms with Crippen molar-refractivity contribution >= 4 is 39.4 Å². The van der Waals surface area contributed by atoms with E-state index < -0.39 is 0 Å². The van der Waals surface area contributed by atoms with Gasteiger partial charge in [-0.3, -0.25) is 0 Å². The molecule has 14 heavy (non-hydrogen) atoms. The van der Waals surface area contributed by atoms with E-state index in [0.29, 0.717) is 0 Å². The summed E-state index contributed by atoms with van der Waals surface area (Å²) >= 11 is 5.04. The Kier molecular flexibility index (Phi) is 3.11. The Morgan fingerprint density at radius 2 is 1.93 bits per heavy atom. The van der Waals surface area contributed by atoms with Crippen molar-refractivity contribution in [3.8, 4) is 0 Å². The molecule has 0 saturated heterocycles. The Morgan fingerprint density at radius 3 is 2.57 bits per heavy atom. The summed E-state index contributed by atoms with van der Waals surface area (Å²) in [6.07, 6.45) is 5.89. The Bertz CT molecular complexity index is 417. The first-order valence-electron chi connectivity index (χ1n) is 4.18. The van der Waals surface area contributed by atoms with Gasteiger partial charge < -0.3 is 0 Å². The second-order valence-corrected chi connectivity index (χ2v) is 4.60. The molecule has 0 aliphatic heterocycles. The number of hydrogen-bond donors (Lipinski definition) is 0. The van der Waals surface area contributed by atoms with Crippen molar-refractivity contribution in [3.05, 3.63) is 50.9 Å². The van der Waals surface area contributed by atoms with Crippen molar-refractivity contribution < 1.29 is 0 Å². The van der Waals surface area contributed by atoms with Crippen LogP contribution in [-0.2, 0) is 0 Å². The molecule has 0 radical (unpaired) electrons. The lowest BCUT2D eigenvalue weighted by atomic mass is 10.2. The zero-order valence-electron chi connectivity index (χ0n) is 7.35. The maximum absolute atomic E-state index is 4.17. The molecule has 2 rings (SSSR count). The predicted molar refractivity (Wildman–Crippen MR) is 65.2 cm³/mol. The molecule has 0 aliphatic carbocycles. The average molecular weight is 266 g/mol. The summed E-state index contributed by atoms with van der Waals surface area (Å²) in [5.41, 5.74) is 1.18. The zero-order chi connectivity index (χ0) is 9.80. The van der Waals surface area contributed by atoms with Gasteiger partial charge in [-0.2, -0.15) is 0 Å². The van der Waals surface area contributed by atoms with Gasteiger partial charge in [0.2, 0.25) is 0 Å². The molecular formula is C11H8BrNS. The Morgan fingerprint density at radius 1 is 1.14 bits per heavy atom. The van der Waals surface area contributed by atoms with Crippen LogP contribution in [0.2, 0.25) is 0 Å². The van der Waals surface area contributed by atoms with Gasteiger partial charge in [-0.1, -0.05) is 34.1 Å². The molecule has 70 valence electrons. The van der Waals surface area contributed by atoms with Crippen LogP contribution in [0.1, 0.15) is 10.6 Å². The fourth-order valence-corrected chi connectivity index (χ4v) is 1.85. The maximum atomic E-state index is 4.17. The van der Waals surface area contributed by atoms with Crippen LogP contribution in [0.25, 0.3) is 12.2 Å². The summed E-state index contributed by atoms with van der Waals surface area (Å²) in [5.74, 6) is 0. The Labute approximate surface area is 95.3 Å². The van der Waals surface area contributed by atoms with Crippen molar-refractivity contribution in [2.75, 3.05) is 0 Å². The van der Waals surface area contributed by atoms with Crippen LogP contribution in [0.4, 0.5) is 0 Å². The minimum atomic E-state index is 1.04. The molecule has 0 saturated carbocycles. The molecule has 0 atom stereocenters. The molecule has 3 heteroatoms. The minimum Gasteiger partial charge on any atom is -0.245 e. The van der Waals surface area contributed by atoms with E-state index >= 15 is 0 Å². The van der Waals surface area contributed by atoms with Crippen LogP contribution in [0, 0.1) is 0 Å². The van der Waals surface area contributed by atoms with Crippen molar-refractivity contribution in [3.63, 3.8) is 0 Å². The Hall–Kier alpha value is -0.930. The molecule has 0 bridgehead atoms. The minimum absolute atomic E-state index is 1.04. The van der Waals surface area contributed by atoms with E-state index in [0.717, 1.165) is 9.48 Å². The van der Waals surface area contributed by atoms with Gasteiger partial charge in [-0.15, -0.1) is 11.3 Å². The largest absolute Gasteiger partial charge is 0.245 e. The van der Waals surface area contributed by atoms with Gasteiger partial charge >= 0.3 is 0 Å². The normalized spacial score (nSPS) is 10.9. The lowest BCUT2D eigenvalue weighted by Gasteiger charge is -1.92. The summed E-state index contributed by atoms with van der Waals surface area (Å²) in [6.45, 7) is 0. The van der Waals surface area contributed by atoms with E-state index in [1.165, 1.54) is 5.56 Å². The van der Waals surface area contributed by atoms with Crippen LogP contribution < -0.4 is 0 Å². The number of nitrogens with zero attached hydrogens (tertiary/aromatic N) is 1. The first kappa shape index (κ1) is 9.62. The number of rotatable bonds is 2. The van der Waals surface area contributed by atoms with Gasteiger partial charge in [0.1, 0.15) is 5.01 Å². The molecule has 0 unspecified atom stereocenters. The quantitative estimate of drug-likeness (QED) is 0.798. The zero-order valence-corrected chi connectivity index (χ0v) is 9.75. The molecule has 1 nitrogen and oxygen atoms in total. The van der Waals surface area contributed by atoms with Crippen LogP contribution in [0.5, 0.6) is 0 Å².